The van der Waals surface area contributed by atoms with Gasteiger partial charge in [-0.1, -0.05) is 6.07 Å². The Kier molecular flexibility index (Phi) is 5.68. The number of anilines is 2. The number of ether oxygens (including phenoxy) is 1. The average molecular weight is 363 g/mol. The average Bonchev–Trinajstić information content (AvgIpc) is 2.73. The minimum absolute atomic E-state index is 0.180. The van der Waals surface area contributed by atoms with Gasteiger partial charge in [0.05, 0.1) is 12.7 Å². The predicted molar refractivity (Wildman–Crippen MR) is 99.3 cm³/mol. The van der Waals surface area contributed by atoms with E-state index >= 15 is 0 Å². The lowest BCUT2D eigenvalue weighted by molar-refractivity contribution is 0.0600. The zero-order valence-corrected chi connectivity index (χ0v) is 14.5. The number of nitrogens with one attached hydrogen (secondary N) is 2. The Bertz CT molecular complexity index is 912. The first-order valence-corrected chi connectivity index (χ1v) is 8.12. The summed E-state index contributed by atoms with van der Waals surface area (Å²) in [6, 6.07) is 13.4. The van der Waals surface area contributed by atoms with Gasteiger partial charge in [-0.25, -0.2) is 4.79 Å². The van der Waals surface area contributed by atoms with Crippen molar-refractivity contribution >= 4 is 23.4 Å². The molecular weight excluding hydrogens is 346 g/mol. The maximum Gasteiger partial charge on any atom is 0.337 e. The molecule has 3 aromatic rings. The quantitative estimate of drug-likeness (QED) is 0.648. The molecule has 0 saturated carbocycles. The molecule has 0 bridgehead atoms. The monoisotopic (exact) mass is 363 g/mol. The molecule has 136 valence electrons. The summed E-state index contributed by atoms with van der Waals surface area (Å²) in [5.74, 6) is -0.280. The van der Waals surface area contributed by atoms with Crippen LogP contribution in [0.2, 0.25) is 0 Å². The summed E-state index contributed by atoms with van der Waals surface area (Å²) in [4.78, 5) is 27.7. The lowest BCUT2D eigenvalue weighted by atomic mass is 10.2. The molecule has 2 heterocycles. The Morgan fingerprint density at radius 1 is 1.04 bits per heavy atom. The summed E-state index contributed by atoms with van der Waals surface area (Å²) >= 11 is 0. The van der Waals surface area contributed by atoms with Crippen molar-refractivity contribution in [1.29, 1.82) is 0 Å². The van der Waals surface area contributed by atoms with Crippen molar-refractivity contribution in [3.05, 3.63) is 77.7 Å². The Labute approximate surface area is 155 Å². The second kappa shape index (κ2) is 8.52. The van der Waals surface area contributed by atoms with E-state index in [2.05, 4.69) is 30.6 Å². The lowest BCUT2D eigenvalue weighted by Gasteiger charge is -2.07. The number of methoxy groups -OCH3 is 1. The molecule has 27 heavy (non-hydrogen) atoms. The van der Waals surface area contributed by atoms with E-state index in [1.54, 1.807) is 48.8 Å². The van der Waals surface area contributed by atoms with Crippen molar-refractivity contribution in [2.75, 3.05) is 17.7 Å². The van der Waals surface area contributed by atoms with Gasteiger partial charge in [-0.05, 0) is 48.0 Å². The van der Waals surface area contributed by atoms with Gasteiger partial charge in [-0.15, -0.1) is 10.2 Å². The van der Waals surface area contributed by atoms with E-state index in [1.165, 1.54) is 7.11 Å². The Hall–Kier alpha value is -3.81. The van der Waals surface area contributed by atoms with Gasteiger partial charge in [-0.3, -0.25) is 9.78 Å². The SMILES string of the molecule is COC(=O)c1ccc(NC(=O)c2ccc(NCc3cccnc3)nn2)cc1. The molecule has 2 N–H and O–H groups in total. The maximum absolute atomic E-state index is 12.2. The van der Waals surface area contributed by atoms with Crippen LogP contribution in [-0.4, -0.2) is 34.2 Å². The van der Waals surface area contributed by atoms with Gasteiger partial charge < -0.3 is 15.4 Å². The summed E-state index contributed by atoms with van der Waals surface area (Å²) in [7, 11) is 1.31. The van der Waals surface area contributed by atoms with Crippen molar-refractivity contribution in [3.8, 4) is 0 Å². The summed E-state index contributed by atoms with van der Waals surface area (Å²) < 4.78 is 4.63. The standard InChI is InChI=1S/C19H17N5O3/c1-27-19(26)14-4-6-15(7-5-14)22-18(25)16-8-9-17(24-23-16)21-12-13-3-2-10-20-11-13/h2-11H,12H2,1H3,(H,21,24)(H,22,25). The Morgan fingerprint density at radius 2 is 1.85 bits per heavy atom. The molecule has 2 aromatic heterocycles. The molecule has 0 spiro atoms. The van der Waals surface area contributed by atoms with Gasteiger partial charge in [0.15, 0.2) is 5.69 Å². The first-order chi connectivity index (χ1) is 13.2. The van der Waals surface area contributed by atoms with Crippen LogP contribution in [0, 0.1) is 0 Å². The normalized spacial score (nSPS) is 10.1. The fourth-order valence-electron chi connectivity index (χ4n) is 2.25. The largest absolute Gasteiger partial charge is 0.465 e. The van der Waals surface area contributed by atoms with Crippen LogP contribution in [0.5, 0.6) is 0 Å². The topological polar surface area (TPSA) is 106 Å². The molecule has 0 saturated heterocycles. The molecule has 0 aliphatic rings. The summed E-state index contributed by atoms with van der Waals surface area (Å²) in [5.41, 5.74) is 2.13. The predicted octanol–water partition coefficient (Wildman–Crippen LogP) is 2.52. The Balaban J connectivity index is 1.58. The van der Waals surface area contributed by atoms with E-state index in [4.69, 9.17) is 0 Å². The van der Waals surface area contributed by atoms with Crippen molar-refractivity contribution in [3.63, 3.8) is 0 Å². The minimum atomic E-state index is -0.437. The van der Waals surface area contributed by atoms with Gasteiger partial charge >= 0.3 is 5.97 Å². The number of carbonyl (C=O) groups is 2. The van der Waals surface area contributed by atoms with E-state index in [-0.39, 0.29) is 5.69 Å². The van der Waals surface area contributed by atoms with Crippen LogP contribution in [0.1, 0.15) is 26.4 Å². The first-order valence-electron chi connectivity index (χ1n) is 8.12. The maximum atomic E-state index is 12.2. The van der Waals surface area contributed by atoms with Crippen LogP contribution in [0.4, 0.5) is 11.5 Å². The molecule has 0 aliphatic carbocycles. The molecule has 1 aromatic carbocycles. The number of aromatic nitrogens is 3. The molecule has 1 amide bonds. The molecule has 0 fully saturated rings. The summed E-state index contributed by atoms with van der Waals surface area (Å²) in [6.07, 6.45) is 3.47. The van der Waals surface area contributed by atoms with Crippen LogP contribution in [0.3, 0.4) is 0 Å². The smallest absolute Gasteiger partial charge is 0.337 e. The minimum Gasteiger partial charge on any atom is -0.465 e. The van der Waals surface area contributed by atoms with E-state index in [0.717, 1.165) is 5.56 Å². The third kappa shape index (κ3) is 4.85. The van der Waals surface area contributed by atoms with Gasteiger partial charge in [0.25, 0.3) is 5.91 Å². The van der Waals surface area contributed by atoms with Crippen molar-refractivity contribution < 1.29 is 14.3 Å². The van der Waals surface area contributed by atoms with Crippen LogP contribution >= 0.6 is 0 Å². The lowest BCUT2D eigenvalue weighted by Crippen LogP contribution is -2.15. The first kappa shape index (κ1) is 18.0. The van der Waals surface area contributed by atoms with E-state index < -0.39 is 11.9 Å². The van der Waals surface area contributed by atoms with Crippen molar-refractivity contribution in [2.45, 2.75) is 6.54 Å². The molecule has 8 heteroatoms. The number of hydrogen-bond acceptors (Lipinski definition) is 7. The summed E-state index contributed by atoms with van der Waals surface area (Å²) in [5, 5.41) is 13.7. The number of amides is 1. The molecule has 8 nitrogen and oxygen atoms in total. The zero-order chi connectivity index (χ0) is 19.1. The van der Waals surface area contributed by atoms with E-state index in [0.29, 0.717) is 23.6 Å². The van der Waals surface area contributed by atoms with Crippen LogP contribution in [0.15, 0.2) is 60.9 Å². The van der Waals surface area contributed by atoms with Crippen molar-refractivity contribution in [2.24, 2.45) is 0 Å². The van der Waals surface area contributed by atoms with Crippen LogP contribution in [-0.2, 0) is 11.3 Å². The Morgan fingerprint density at radius 3 is 2.48 bits per heavy atom. The highest BCUT2D eigenvalue weighted by atomic mass is 16.5. The third-order valence-electron chi connectivity index (χ3n) is 3.66. The zero-order valence-electron chi connectivity index (χ0n) is 14.5. The van der Waals surface area contributed by atoms with Crippen LogP contribution in [0.25, 0.3) is 0 Å². The van der Waals surface area contributed by atoms with Crippen LogP contribution < -0.4 is 10.6 Å². The number of rotatable bonds is 6. The van der Waals surface area contributed by atoms with Gasteiger partial charge in [-0.2, -0.15) is 0 Å². The number of esters is 1. The molecule has 0 aliphatic heterocycles. The summed E-state index contributed by atoms with van der Waals surface area (Å²) in [6.45, 7) is 0.556. The highest BCUT2D eigenvalue weighted by Crippen LogP contribution is 2.12. The number of pyridine rings is 1. The molecule has 0 unspecified atom stereocenters. The molecular formula is C19H17N5O3. The fraction of sp³-hybridized carbons (Fsp3) is 0.105. The number of hydrogen-bond donors (Lipinski definition) is 2. The second-order valence-corrected chi connectivity index (χ2v) is 5.54. The molecule has 0 radical (unpaired) electrons. The van der Waals surface area contributed by atoms with E-state index in [1.807, 2.05) is 12.1 Å². The van der Waals surface area contributed by atoms with Gasteiger partial charge in [0.1, 0.15) is 5.82 Å². The van der Waals surface area contributed by atoms with Gasteiger partial charge in [0, 0.05) is 24.6 Å². The highest BCUT2D eigenvalue weighted by Gasteiger charge is 2.10. The molecule has 0 atom stereocenters. The highest BCUT2D eigenvalue weighted by molar-refractivity contribution is 6.03. The number of benzene rings is 1. The third-order valence-corrected chi connectivity index (χ3v) is 3.66. The number of nitrogens with zero attached hydrogens (tertiary/aromatic N) is 3. The second-order valence-electron chi connectivity index (χ2n) is 5.54. The van der Waals surface area contributed by atoms with Crippen molar-refractivity contribution in [1.82, 2.24) is 15.2 Å². The molecule has 3 rings (SSSR count). The van der Waals surface area contributed by atoms with E-state index in [9.17, 15) is 9.59 Å². The van der Waals surface area contributed by atoms with Gasteiger partial charge in [0.2, 0.25) is 0 Å². The number of carbonyl (C=O) groups excluding carboxylic acids is 2. The fourth-order valence-corrected chi connectivity index (χ4v) is 2.25.